The number of hydrogen-bond donors (Lipinski definition) is 0. The smallest absolute Gasteiger partial charge is 0.308 e. The van der Waals surface area contributed by atoms with Crippen molar-refractivity contribution in [3.05, 3.63) is 0 Å². The molecular weight excluding hydrogens is 164 g/mol. The Balaban J connectivity index is 2.40. The molecule has 0 aliphatic heterocycles. The highest BCUT2D eigenvalue weighted by molar-refractivity contribution is 5.72. The third kappa shape index (κ3) is 3.02. The van der Waals surface area contributed by atoms with Crippen molar-refractivity contribution in [2.75, 3.05) is 7.11 Å². The quantitative estimate of drug-likeness (QED) is 0.487. The van der Waals surface area contributed by atoms with Crippen LogP contribution in [0.5, 0.6) is 0 Å². The van der Waals surface area contributed by atoms with Crippen LogP contribution in [0, 0.1) is 11.8 Å². The zero-order valence-electron chi connectivity index (χ0n) is 8.71. The molecule has 0 aromatic rings. The van der Waals surface area contributed by atoms with Gasteiger partial charge in [0.15, 0.2) is 0 Å². The first-order valence-corrected chi connectivity index (χ1v) is 5.35. The monoisotopic (exact) mass is 184 g/mol. The second kappa shape index (κ2) is 5.25. The van der Waals surface area contributed by atoms with E-state index in [-0.39, 0.29) is 11.9 Å². The van der Waals surface area contributed by atoms with Crippen LogP contribution in [0.2, 0.25) is 0 Å². The van der Waals surface area contributed by atoms with Gasteiger partial charge in [-0.25, -0.2) is 0 Å². The molecule has 0 aromatic carbocycles. The molecule has 1 saturated carbocycles. The first kappa shape index (κ1) is 10.6. The van der Waals surface area contributed by atoms with E-state index in [1.165, 1.54) is 32.8 Å². The molecule has 0 aromatic heterocycles. The minimum atomic E-state index is -0.00301. The molecule has 2 atom stereocenters. The van der Waals surface area contributed by atoms with E-state index in [1.807, 2.05) is 0 Å². The van der Waals surface area contributed by atoms with Gasteiger partial charge in [-0.3, -0.25) is 4.79 Å². The highest BCUT2D eigenvalue weighted by Crippen LogP contribution is 2.29. The van der Waals surface area contributed by atoms with Gasteiger partial charge in [-0.1, -0.05) is 26.2 Å². The Morgan fingerprint density at radius 3 is 2.69 bits per heavy atom. The summed E-state index contributed by atoms with van der Waals surface area (Å²) in [6.45, 7) is 2.24. The van der Waals surface area contributed by atoms with Crippen molar-refractivity contribution in [1.82, 2.24) is 0 Å². The van der Waals surface area contributed by atoms with Crippen LogP contribution in [0.25, 0.3) is 0 Å². The Labute approximate surface area is 80.7 Å². The minimum Gasteiger partial charge on any atom is -0.469 e. The minimum absolute atomic E-state index is 0.00301. The Morgan fingerprint density at radius 1 is 1.31 bits per heavy atom. The molecule has 0 amide bonds. The highest BCUT2D eigenvalue weighted by Gasteiger charge is 2.23. The van der Waals surface area contributed by atoms with Crippen LogP contribution in [0.3, 0.4) is 0 Å². The van der Waals surface area contributed by atoms with Crippen molar-refractivity contribution in [3.8, 4) is 0 Å². The number of hydrogen-bond acceptors (Lipinski definition) is 2. The fourth-order valence-electron chi connectivity index (χ4n) is 2.19. The number of methoxy groups -OCH3 is 1. The molecule has 0 radical (unpaired) electrons. The van der Waals surface area contributed by atoms with Gasteiger partial charge in [-0.05, 0) is 25.2 Å². The molecule has 1 fully saturated rings. The van der Waals surface area contributed by atoms with Crippen molar-refractivity contribution in [2.45, 2.75) is 45.4 Å². The number of carbonyl (C=O) groups excluding carboxylic acids is 1. The predicted octanol–water partition coefficient (Wildman–Crippen LogP) is 2.77. The molecule has 0 heterocycles. The standard InChI is InChI=1S/C11H20O2/c1-3-9-5-4-6-10(8-7-9)11(12)13-2/h9-10H,3-8H2,1-2H3. The van der Waals surface area contributed by atoms with E-state index in [1.54, 1.807) is 0 Å². The molecule has 0 spiro atoms. The van der Waals surface area contributed by atoms with Crippen molar-refractivity contribution in [3.63, 3.8) is 0 Å². The van der Waals surface area contributed by atoms with Crippen LogP contribution in [0.4, 0.5) is 0 Å². The summed E-state index contributed by atoms with van der Waals surface area (Å²) in [5.74, 6) is 1.02. The summed E-state index contributed by atoms with van der Waals surface area (Å²) in [6, 6.07) is 0. The fraction of sp³-hybridized carbons (Fsp3) is 0.909. The van der Waals surface area contributed by atoms with Crippen molar-refractivity contribution in [2.24, 2.45) is 11.8 Å². The van der Waals surface area contributed by atoms with Gasteiger partial charge >= 0.3 is 5.97 Å². The first-order valence-electron chi connectivity index (χ1n) is 5.35. The van der Waals surface area contributed by atoms with Crippen LogP contribution in [-0.4, -0.2) is 13.1 Å². The third-order valence-corrected chi connectivity index (χ3v) is 3.20. The Kier molecular flexibility index (Phi) is 4.26. The van der Waals surface area contributed by atoms with E-state index < -0.39 is 0 Å². The lowest BCUT2D eigenvalue weighted by atomic mass is 9.96. The summed E-state index contributed by atoms with van der Waals surface area (Å²) in [5, 5.41) is 0. The average molecular weight is 184 g/mol. The molecule has 1 rings (SSSR count). The number of ether oxygens (including phenoxy) is 1. The summed E-state index contributed by atoms with van der Waals surface area (Å²) >= 11 is 0. The Hall–Kier alpha value is -0.530. The second-order valence-electron chi connectivity index (χ2n) is 4.00. The van der Waals surface area contributed by atoms with Gasteiger partial charge in [0, 0.05) is 0 Å². The third-order valence-electron chi connectivity index (χ3n) is 3.20. The van der Waals surface area contributed by atoms with E-state index in [4.69, 9.17) is 4.74 Å². The van der Waals surface area contributed by atoms with Crippen LogP contribution in [-0.2, 0) is 9.53 Å². The van der Waals surface area contributed by atoms with Crippen LogP contribution in [0.15, 0.2) is 0 Å². The number of rotatable bonds is 2. The zero-order chi connectivity index (χ0) is 9.68. The number of carbonyl (C=O) groups is 1. The van der Waals surface area contributed by atoms with E-state index in [0.717, 1.165) is 18.8 Å². The summed E-state index contributed by atoms with van der Waals surface area (Å²) in [5.41, 5.74) is 0. The Morgan fingerprint density at radius 2 is 2.08 bits per heavy atom. The van der Waals surface area contributed by atoms with Gasteiger partial charge < -0.3 is 4.74 Å². The molecule has 0 N–H and O–H groups in total. The van der Waals surface area contributed by atoms with Crippen molar-refractivity contribution < 1.29 is 9.53 Å². The lowest BCUT2D eigenvalue weighted by Gasteiger charge is -2.11. The highest BCUT2D eigenvalue weighted by atomic mass is 16.5. The van der Waals surface area contributed by atoms with Crippen molar-refractivity contribution in [1.29, 1.82) is 0 Å². The summed E-state index contributed by atoms with van der Waals surface area (Å²) in [4.78, 5) is 11.3. The lowest BCUT2D eigenvalue weighted by molar-refractivity contribution is -0.145. The van der Waals surface area contributed by atoms with Gasteiger partial charge in [0.05, 0.1) is 13.0 Å². The van der Waals surface area contributed by atoms with Crippen LogP contribution >= 0.6 is 0 Å². The molecule has 2 unspecified atom stereocenters. The van der Waals surface area contributed by atoms with E-state index in [9.17, 15) is 4.79 Å². The summed E-state index contributed by atoms with van der Waals surface area (Å²) in [6.07, 6.45) is 7.01. The number of esters is 1. The van der Waals surface area contributed by atoms with Crippen LogP contribution in [0.1, 0.15) is 45.4 Å². The normalized spacial score (nSPS) is 29.4. The Bertz CT molecular complexity index is 165. The van der Waals surface area contributed by atoms with Gasteiger partial charge in [-0.15, -0.1) is 0 Å². The zero-order valence-corrected chi connectivity index (χ0v) is 8.71. The molecule has 76 valence electrons. The van der Waals surface area contributed by atoms with E-state index in [2.05, 4.69) is 6.92 Å². The largest absolute Gasteiger partial charge is 0.469 e. The molecule has 0 bridgehead atoms. The fourth-order valence-corrected chi connectivity index (χ4v) is 2.19. The maximum Gasteiger partial charge on any atom is 0.308 e. The molecule has 1 aliphatic rings. The van der Waals surface area contributed by atoms with Gasteiger partial charge in [0.1, 0.15) is 0 Å². The molecule has 13 heavy (non-hydrogen) atoms. The van der Waals surface area contributed by atoms with E-state index in [0.29, 0.717) is 0 Å². The molecule has 0 saturated heterocycles. The maximum atomic E-state index is 11.3. The van der Waals surface area contributed by atoms with Crippen molar-refractivity contribution >= 4 is 5.97 Å². The van der Waals surface area contributed by atoms with Gasteiger partial charge in [0.2, 0.25) is 0 Å². The molecule has 1 aliphatic carbocycles. The second-order valence-corrected chi connectivity index (χ2v) is 4.00. The summed E-state index contributed by atoms with van der Waals surface area (Å²) in [7, 11) is 1.49. The molecular formula is C11H20O2. The lowest BCUT2D eigenvalue weighted by Crippen LogP contribution is -2.15. The average Bonchev–Trinajstić information content (AvgIpc) is 2.41. The van der Waals surface area contributed by atoms with Crippen LogP contribution < -0.4 is 0 Å². The van der Waals surface area contributed by atoms with E-state index >= 15 is 0 Å². The topological polar surface area (TPSA) is 26.3 Å². The predicted molar refractivity (Wildman–Crippen MR) is 52.4 cm³/mol. The summed E-state index contributed by atoms with van der Waals surface area (Å²) < 4.78 is 4.78. The van der Waals surface area contributed by atoms with Gasteiger partial charge in [0.25, 0.3) is 0 Å². The first-order chi connectivity index (χ1) is 6.27. The maximum absolute atomic E-state index is 11.3. The molecule has 2 nitrogen and oxygen atoms in total. The molecule has 2 heteroatoms. The SMILES string of the molecule is CCC1CCCC(C(=O)OC)CC1. The van der Waals surface area contributed by atoms with Gasteiger partial charge in [-0.2, -0.15) is 0 Å².